The highest BCUT2D eigenvalue weighted by molar-refractivity contribution is 5.69. The van der Waals surface area contributed by atoms with Gasteiger partial charge in [0, 0.05) is 12.5 Å². The molecule has 0 radical (unpaired) electrons. The van der Waals surface area contributed by atoms with Crippen molar-refractivity contribution in [3.8, 4) is 0 Å². The Hall–Kier alpha value is -0.570. The van der Waals surface area contributed by atoms with E-state index in [2.05, 4.69) is 37.7 Å². The molecule has 0 aliphatic heterocycles. The summed E-state index contributed by atoms with van der Waals surface area (Å²) in [5, 5.41) is 3.51. The molecule has 1 saturated carbocycles. The fourth-order valence-corrected chi connectivity index (χ4v) is 2.29. The van der Waals surface area contributed by atoms with Crippen LogP contribution in [0.3, 0.4) is 0 Å². The molecule has 0 amide bonds. The van der Waals surface area contributed by atoms with Crippen LogP contribution in [0.1, 0.15) is 40.5 Å². The van der Waals surface area contributed by atoms with Gasteiger partial charge in [-0.1, -0.05) is 27.7 Å². The highest BCUT2D eigenvalue weighted by Crippen LogP contribution is 2.62. The van der Waals surface area contributed by atoms with E-state index in [0.29, 0.717) is 23.3 Å². The Balaban J connectivity index is 2.16. The van der Waals surface area contributed by atoms with Crippen molar-refractivity contribution < 1.29 is 9.53 Å². The van der Waals surface area contributed by atoms with Gasteiger partial charge in [-0.15, -0.1) is 0 Å². The number of methoxy groups -OCH3 is 1. The lowest BCUT2D eigenvalue weighted by molar-refractivity contribution is -0.140. The highest BCUT2D eigenvalue weighted by atomic mass is 16.5. The second-order valence-electron chi connectivity index (χ2n) is 5.51. The molecule has 0 spiro atoms. The van der Waals surface area contributed by atoms with Gasteiger partial charge in [-0.05, 0) is 23.8 Å². The maximum atomic E-state index is 10.9. The Bertz CT molecular complexity index is 232. The van der Waals surface area contributed by atoms with Gasteiger partial charge in [0.05, 0.1) is 7.11 Å². The lowest BCUT2D eigenvalue weighted by Gasteiger charge is -2.05. The van der Waals surface area contributed by atoms with Gasteiger partial charge < -0.3 is 10.1 Å². The first-order valence-corrected chi connectivity index (χ1v) is 5.64. The van der Waals surface area contributed by atoms with Gasteiger partial charge in [0.15, 0.2) is 0 Å². The van der Waals surface area contributed by atoms with Crippen LogP contribution < -0.4 is 5.32 Å². The monoisotopic (exact) mass is 213 g/mol. The quantitative estimate of drug-likeness (QED) is 0.560. The second-order valence-corrected chi connectivity index (χ2v) is 5.51. The zero-order chi connectivity index (χ0) is 11.7. The molecule has 88 valence electrons. The minimum absolute atomic E-state index is 0.119. The summed E-state index contributed by atoms with van der Waals surface area (Å²) in [5.41, 5.74) is 0.747. The lowest BCUT2D eigenvalue weighted by Crippen LogP contribution is -2.24. The highest BCUT2D eigenvalue weighted by Gasteiger charge is 2.64. The second kappa shape index (κ2) is 4.12. The molecule has 1 aliphatic rings. The molecule has 0 aromatic rings. The number of esters is 1. The third-order valence-corrected chi connectivity index (χ3v) is 4.15. The van der Waals surface area contributed by atoms with Gasteiger partial charge in [-0.2, -0.15) is 0 Å². The third kappa shape index (κ3) is 2.33. The van der Waals surface area contributed by atoms with Crippen LogP contribution >= 0.6 is 0 Å². The van der Waals surface area contributed by atoms with E-state index in [4.69, 9.17) is 0 Å². The van der Waals surface area contributed by atoms with Crippen molar-refractivity contribution in [1.29, 1.82) is 0 Å². The molecule has 3 nitrogen and oxygen atoms in total. The molecule has 1 rings (SSSR count). The van der Waals surface area contributed by atoms with E-state index in [-0.39, 0.29) is 5.97 Å². The first-order chi connectivity index (χ1) is 6.84. The maximum absolute atomic E-state index is 10.9. The number of carbonyl (C=O) groups is 1. The van der Waals surface area contributed by atoms with Crippen molar-refractivity contribution in [2.75, 3.05) is 13.7 Å². The summed E-state index contributed by atoms with van der Waals surface area (Å²) >= 11 is 0. The summed E-state index contributed by atoms with van der Waals surface area (Å²) < 4.78 is 4.59. The molecule has 0 aromatic heterocycles. The summed E-state index contributed by atoms with van der Waals surface area (Å²) in [5.74, 6) is -0.119. The third-order valence-electron chi connectivity index (χ3n) is 4.15. The van der Waals surface area contributed by atoms with Gasteiger partial charge >= 0.3 is 5.97 Å². The Morgan fingerprint density at radius 3 is 2.20 bits per heavy atom. The molecule has 1 fully saturated rings. The summed E-state index contributed by atoms with van der Waals surface area (Å²) in [6.07, 6.45) is 1.37. The maximum Gasteiger partial charge on any atom is 0.305 e. The SMILES string of the molecule is COC(=O)CCCNC1C(C)(C)C1(C)C. The average molecular weight is 213 g/mol. The summed E-state index contributed by atoms with van der Waals surface area (Å²) in [6.45, 7) is 10.0. The summed E-state index contributed by atoms with van der Waals surface area (Å²) in [7, 11) is 1.43. The van der Waals surface area contributed by atoms with Crippen molar-refractivity contribution in [3.05, 3.63) is 0 Å². The van der Waals surface area contributed by atoms with Crippen LogP contribution in [0, 0.1) is 10.8 Å². The number of rotatable bonds is 5. The number of hydrogen-bond donors (Lipinski definition) is 1. The molecular formula is C12H23NO2. The Morgan fingerprint density at radius 1 is 1.27 bits per heavy atom. The van der Waals surface area contributed by atoms with Crippen molar-refractivity contribution in [2.24, 2.45) is 10.8 Å². The first-order valence-electron chi connectivity index (χ1n) is 5.64. The molecule has 0 bridgehead atoms. The molecule has 0 unspecified atom stereocenters. The largest absolute Gasteiger partial charge is 0.469 e. The zero-order valence-electron chi connectivity index (χ0n) is 10.5. The molecule has 15 heavy (non-hydrogen) atoms. The molecule has 0 heterocycles. The van der Waals surface area contributed by atoms with Crippen LogP contribution in [0.4, 0.5) is 0 Å². The number of hydrogen-bond acceptors (Lipinski definition) is 3. The first kappa shape index (κ1) is 12.5. The zero-order valence-corrected chi connectivity index (χ0v) is 10.5. The summed E-state index contributed by atoms with van der Waals surface area (Å²) in [4.78, 5) is 10.9. The molecular weight excluding hydrogens is 190 g/mol. The van der Waals surface area contributed by atoms with Gasteiger partial charge in [0.25, 0.3) is 0 Å². The van der Waals surface area contributed by atoms with E-state index in [1.165, 1.54) is 7.11 Å². The van der Waals surface area contributed by atoms with Crippen LogP contribution in [0.5, 0.6) is 0 Å². The van der Waals surface area contributed by atoms with Gasteiger partial charge in [-0.25, -0.2) is 0 Å². The predicted molar refractivity (Wildman–Crippen MR) is 60.6 cm³/mol. The Kier molecular flexibility index (Phi) is 3.44. The van der Waals surface area contributed by atoms with E-state index >= 15 is 0 Å². The van der Waals surface area contributed by atoms with E-state index in [0.717, 1.165) is 13.0 Å². The topological polar surface area (TPSA) is 38.3 Å². The van der Waals surface area contributed by atoms with Crippen LogP contribution in [-0.4, -0.2) is 25.7 Å². The minimum atomic E-state index is -0.119. The Labute approximate surface area is 92.6 Å². The van der Waals surface area contributed by atoms with E-state index in [1.807, 2.05) is 0 Å². The fourth-order valence-electron chi connectivity index (χ4n) is 2.29. The molecule has 0 atom stereocenters. The minimum Gasteiger partial charge on any atom is -0.469 e. The van der Waals surface area contributed by atoms with Crippen LogP contribution in [-0.2, 0) is 9.53 Å². The predicted octanol–water partition coefficient (Wildman–Crippen LogP) is 1.96. The van der Waals surface area contributed by atoms with Crippen LogP contribution in [0.2, 0.25) is 0 Å². The molecule has 0 aromatic carbocycles. The van der Waals surface area contributed by atoms with Crippen LogP contribution in [0.15, 0.2) is 0 Å². The normalized spacial score (nSPS) is 22.5. The van der Waals surface area contributed by atoms with Crippen molar-refractivity contribution in [3.63, 3.8) is 0 Å². The van der Waals surface area contributed by atoms with Crippen molar-refractivity contribution >= 4 is 5.97 Å². The van der Waals surface area contributed by atoms with E-state index in [9.17, 15) is 4.79 Å². The smallest absolute Gasteiger partial charge is 0.305 e. The van der Waals surface area contributed by atoms with E-state index in [1.54, 1.807) is 0 Å². The lowest BCUT2D eigenvalue weighted by atomic mass is 10.0. The Morgan fingerprint density at radius 2 is 1.80 bits per heavy atom. The molecule has 1 aliphatic carbocycles. The number of ether oxygens (including phenoxy) is 1. The number of carbonyl (C=O) groups excluding carboxylic acids is 1. The molecule has 1 N–H and O–H groups in total. The van der Waals surface area contributed by atoms with Gasteiger partial charge in [0.1, 0.15) is 0 Å². The molecule has 0 saturated heterocycles. The number of nitrogens with one attached hydrogen (secondary N) is 1. The average Bonchev–Trinajstić information content (AvgIpc) is 2.53. The molecule has 3 heteroatoms. The van der Waals surface area contributed by atoms with Crippen LogP contribution in [0.25, 0.3) is 0 Å². The summed E-state index contributed by atoms with van der Waals surface area (Å²) in [6, 6.07) is 0.572. The van der Waals surface area contributed by atoms with Gasteiger partial charge in [-0.3, -0.25) is 4.79 Å². The van der Waals surface area contributed by atoms with Crippen molar-refractivity contribution in [2.45, 2.75) is 46.6 Å². The fraction of sp³-hybridized carbons (Fsp3) is 0.917. The standard InChI is InChI=1S/C12H23NO2/c1-11(2)10(12(11,3)4)13-8-6-7-9(14)15-5/h10,13H,6-8H2,1-5H3. The van der Waals surface area contributed by atoms with Crippen molar-refractivity contribution in [1.82, 2.24) is 5.32 Å². The van der Waals surface area contributed by atoms with Gasteiger partial charge in [0.2, 0.25) is 0 Å². The van der Waals surface area contributed by atoms with E-state index < -0.39 is 0 Å².